The van der Waals surface area contributed by atoms with Crippen LogP contribution in [0.25, 0.3) is 10.9 Å². The van der Waals surface area contributed by atoms with Gasteiger partial charge < -0.3 is 10.3 Å². The molecule has 98 valence electrons. The van der Waals surface area contributed by atoms with Crippen LogP contribution in [0.5, 0.6) is 0 Å². The Morgan fingerprint density at radius 2 is 2.26 bits per heavy atom. The van der Waals surface area contributed by atoms with E-state index in [1.54, 1.807) is 12.1 Å². The minimum Gasteiger partial charge on any atom is -0.389 e. The predicted molar refractivity (Wildman–Crippen MR) is 74.0 cm³/mol. The zero-order chi connectivity index (χ0) is 13.4. The van der Waals surface area contributed by atoms with Gasteiger partial charge in [-0.05, 0) is 31.2 Å². The predicted octanol–water partition coefficient (Wildman–Crippen LogP) is 3.06. The molecule has 1 aliphatic heterocycles. The molecule has 2 N–H and O–H groups in total. The Bertz CT molecular complexity index is 660. The maximum Gasteiger partial charge on any atom is 0.271 e. The molecule has 0 saturated carbocycles. The summed E-state index contributed by atoms with van der Waals surface area (Å²) in [6.07, 6.45) is 7.12. The lowest BCUT2D eigenvalue weighted by Gasteiger charge is -2.23. The summed E-state index contributed by atoms with van der Waals surface area (Å²) in [5, 5.41) is 15.1. The van der Waals surface area contributed by atoms with Gasteiger partial charge >= 0.3 is 0 Å². The summed E-state index contributed by atoms with van der Waals surface area (Å²) < 4.78 is 0. The number of hydrogen-bond acceptors (Lipinski definition) is 3. The third-order valence-corrected chi connectivity index (χ3v) is 3.62. The highest BCUT2D eigenvalue weighted by molar-refractivity contribution is 5.86. The maximum absolute atomic E-state index is 10.8. The first-order chi connectivity index (χ1) is 9.15. The number of nitro groups is 1. The monoisotopic (exact) mass is 257 g/mol. The highest BCUT2D eigenvalue weighted by atomic mass is 16.6. The molecule has 19 heavy (non-hydrogen) atoms. The Labute approximate surface area is 110 Å². The molecule has 0 spiro atoms. The van der Waals surface area contributed by atoms with E-state index >= 15 is 0 Å². The van der Waals surface area contributed by atoms with Gasteiger partial charge in [0.05, 0.1) is 10.4 Å². The number of H-pyrrole nitrogens is 1. The van der Waals surface area contributed by atoms with Crippen LogP contribution in [-0.2, 0) is 0 Å². The van der Waals surface area contributed by atoms with Crippen LogP contribution < -0.4 is 5.32 Å². The van der Waals surface area contributed by atoms with Crippen molar-refractivity contribution < 1.29 is 4.92 Å². The van der Waals surface area contributed by atoms with E-state index < -0.39 is 0 Å². The Morgan fingerprint density at radius 3 is 3.00 bits per heavy atom. The first-order valence-electron chi connectivity index (χ1n) is 6.33. The van der Waals surface area contributed by atoms with Crippen LogP contribution in [0.4, 0.5) is 5.69 Å². The Morgan fingerprint density at radius 1 is 1.42 bits per heavy atom. The Hall–Kier alpha value is -2.30. The van der Waals surface area contributed by atoms with Crippen LogP contribution >= 0.6 is 0 Å². The fourth-order valence-electron chi connectivity index (χ4n) is 2.65. The zero-order valence-electron chi connectivity index (χ0n) is 10.6. The molecule has 0 fully saturated rings. The lowest BCUT2D eigenvalue weighted by atomic mass is 9.90. The van der Waals surface area contributed by atoms with Crippen molar-refractivity contribution in [3.63, 3.8) is 0 Å². The summed E-state index contributed by atoms with van der Waals surface area (Å²) in [4.78, 5) is 13.5. The smallest absolute Gasteiger partial charge is 0.271 e. The van der Waals surface area contributed by atoms with Gasteiger partial charge in [-0.2, -0.15) is 0 Å². The van der Waals surface area contributed by atoms with Crippen LogP contribution in [0.1, 0.15) is 24.8 Å². The number of allylic oxidation sites excluding steroid dienone is 1. The van der Waals surface area contributed by atoms with Gasteiger partial charge in [0.25, 0.3) is 5.69 Å². The second kappa shape index (κ2) is 4.42. The van der Waals surface area contributed by atoms with E-state index in [2.05, 4.69) is 23.3 Å². The molecule has 5 nitrogen and oxygen atoms in total. The first kappa shape index (κ1) is 11.8. The number of fused-ring (bicyclic) bond motifs is 1. The van der Waals surface area contributed by atoms with Crippen molar-refractivity contribution in [3.8, 4) is 0 Å². The zero-order valence-corrected chi connectivity index (χ0v) is 10.6. The van der Waals surface area contributed by atoms with Gasteiger partial charge in [-0.25, -0.2) is 0 Å². The second-order valence-corrected chi connectivity index (χ2v) is 5.00. The van der Waals surface area contributed by atoms with E-state index in [-0.39, 0.29) is 10.6 Å². The van der Waals surface area contributed by atoms with Crippen molar-refractivity contribution in [2.24, 2.45) is 0 Å². The third-order valence-electron chi connectivity index (χ3n) is 3.62. The molecule has 1 aliphatic rings. The molecular weight excluding hydrogens is 242 g/mol. The molecule has 0 saturated heterocycles. The summed E-state index contributed by atoms with van der Waals surface area (Å²) in [6, 6.07) is 5.43. The lowest BCUT2D eigenvalue weighted by Crippen LogP contribution is -2.26. The van der Waals surface area contributed by atoms with Gasteiger partial charge in [0.1, 0.15) is 0 Å². The number of aromatic amines is 1. The van der Waals surface area contributed by atoms with Gasteiger partial charge in [-0.3, -0.25) is 10.1 Å². The number of nitrogens with one attached hydrogen (secondary N) is 2. The second-order valence-electron chi connectivity index (χ2n) is 5.00. The number of rotatable bonds is 2. The third kappa shape index (κ3) is 2.07. The number of nitro benzene ring substituents is 1. The van der Waals surface area contributed by atoms with E-state index in [1.165, 1.54) is 5.56 Å². The van der Waals surface area contributed by atoms with Crippen LogP contribution in [0.2, 0.25) is 0 Å². The summed E-state index contributed by atoms with van der Waals surface area (Å²) in [7, 11) is 0. The highest BCUT2D eigenvalue weighted by Gasteiger charge is 2.19. The number of hydrogen-bond donors (Lipinski definition) is 2. The van der Waals surface area contributed by atoms with E-state index in [4.69, 9.17) is 0 Å². The summed E-state index contributed by atoms with van der Waals surface area (Å²) >= 11 is 0. The van der Waals surface area contributed by atoms with Gasteiger partial charge in [-0.15, -0.1) is 0 Å². The van der Waals surface area contributed by atoms with Crippen molar-refractivity contribution in [1.82, 2.24) is 10.3 Å². The minimum atomic E-state index is -0.369. The standard InChI is InChI=1S/C14H15N3O2/c1-9-6-10(4-5-15-9)13-8-16-14-7-11(17(18)19)2-3-12(13)14/h2-5,7-10,15-16H,6H2,1H3. The van der Waals surface area contributed by atoms with Crippen molar-refractivity contribution in [2.45, 2.75) is 25.3 Å². The summed E-state index contributed by atoms with van der Waals surface area (Å²) in [6.45, 7) is 2.15. The van der Waals surface area contributed by atoms with Gasteiger partial charge in [0, 0.05) is 35.7 Å². The molecular formula is C14H15N3O2. The van der Waals surface area contributed by atoms with Gasteiger partial charge in [0.2, 0.25) is 0 Å². The topological polar surface area (TPSA) is 71.0 Å². The molecule has 0 bridgehead atoms. The molecule has 2 heterocycles. The SMILES string of the molecule is CC1CC(c2c[nH]c3cc([N+](=O)[O-])ccc23)C=CN1. The molecule has 0 amide bonds. The van der Waals surface area contributed by atoms with Crippen LogP contribution in [-0.4, -0.2) is 15.9 Å². The molecule has 2 aromatic rings. The Balaban J connectivity index is 2.03. The van der Waals surface area contributed by atoms with E-state index in [1.807, 2.05) is 18.5 Å². The van der Waals surface area contributed by atoms with E-state index in [0.717, 1.165) is 17.3 Å². The number of benzene rings is 1. The normalized spacial score (nSPS) is 22.4. The molecule has 1 aromatic heterocycles. The van der Waals surface area contributed by atoms with Crippen molar-refractivity contribution in [1.29, 1.82) is 0 Å². The maximum atomic E-state index is 10.8. The number of aromatic nitrogens is 1. The number of non-ortho nitro benzene ring substituents is 1. The number of nitrogens with zero attached hydrogens (tertiary/aromatic N) is 1. The molecule has 5 heteroatoms. The van der Waals surface area contributed by atoms with Crippen LogP contribution in [0, 0.1) is 10.1 Å². The average molecular weight is 257 g/mol. The largest absolute Gasteiger partial charge is 0.389 e. The summed E-state index contributed by atoms with van der Waals surface area (Å²) in [5.74, 6) is 0.353. The van der Waals surface area contributed by atoms with E-state index in [0.29, 0.717) is 12.0 Å². The first-order valence-corrected chi connectivity index (χ1v) is 6.33. The molecule has 2 unspecified atom stereocenters. The molecule has 0 aliphatic carbocycles. The minimum absolute atomic E-state index is 0.120. The molecule has 3 rings (SSSR count). The highest BCUT2D eigenvalue weighted by Crippen LogP contribution is 2.32. The van der Waals surface area contributed by atoms with Gasteiger partial charge in [0.15, 0.2) is 0 Å². The van der Waals surface area contributed by atoms with Crippen molar-refractivity contribution >= 4 is 16.6 Å². The lowest BCUT2D eigenvalue weighted by molar-refractivity contribution is -0.384. The van der Waals surface area contributed by atoms with Crippen LogP contribution in [0.3, 0.4) is 0 Å². The quantitative estimate of drug-likeness (QED) is 0.641. The molecule has 1 aromatic carbocycles. The fourth-order valence-corrected chi connectivity index (χ4v) is 2.65. The van der Waals surface area contributed by atoms with Crippen molar-refractivity contribution in [2.75, 3.05) is 0 Å². The average Bonchev–Trinajstić information content (AvgIpc) is 2.81. The van der Waals surface area contributed by atoms with Gasteiger partial charge in [-0.1, -0.05) is 6.08 Å². The molecule has 2 atom stereocenters. The molecule has 0 radical (unpaired) electrons. The summed E-state index contributed by atoms with van der Waals surface area (Å²) in [5.41, 5.74) is 2.15. The van der Waals surface area contributed by atoms with E-state index in [9.17, 15) is 10.1 Å². The Kier molecular flexibility index (Phi) is 2.74. The van der Waals surface area contributed by atoms with Crippen molar-refractivity contribution in [3.05, 3.63) is 52.3 Å². The fraction of sp³-hybridized carbons (Fsp3) is 0.286. The van der Waals surface area contributed by atoms with Crippen LogP contribution in [0.15, 0.2) is 36.7 Å².